The summed E-state index contributed by atoms with van der Waals surface area (Å²) in [4.78, 5) is 25.0. The molecule has 0 unspecified atom stereocenters. The van der Waals surface area contributed by atoms with E-state index in [1.165, 1.54) is 18.3 Å². The van der Waals surface area contributed by atoms with Crippen molar-refractivity contribution >= 4 is 46.1 Å². The largest absolute Gasteiger partial charge is 0.326 e. The fraction of sp³-hybridized carbons (Fsp3) is 0.0526. The van der Waals surface area contributed by atoms with Crippen molar-refractivity contribution in [3.63, 3.8) is 0 Å². The molecule has 2 amide bonds. The third kappa shape index (κ3) is 4.47. The number of carbonyl (C=O) groups excluding carboxylic acids is 2. The quantitative estimate of drug-likeness (QED) is 0.656. The average Bonchev–Trinajstić information content (AvgIpc) is 3.07. The summed E-state index contributed by atoms with van der Waals surface area (Å²) in [6, 6.07) is 18.2. The zero-order valence-electron chi connectivity index (χ0n) is 13.4. The minimum atomic E-state index is -0.169. The van der Waals surface area contributed by atoms with Gasteiger partial charge in [0.2, 0.25) is 5.91 Å². The molecule has 0 fully saturated rings. The maximum Gasteiger partial charge on any atom is 0.265 e. The Labute approximate surface area is 154 Å². The molecule has 0 bridgehead atoms. The Morgan fingerprint density at radius 1 is 0.840 bits per heavy atom. The molecule has 1 heterocycles. The summed E-state index contributed by atoms with van der Waals surface area (Å²) in [5.41, 5.74) is 2.38. The number of hydrogen-bond acceptors (Lipinski definition) is 3. The van der Waals surface area contributed by atoms with Gasteiger partial charge in [-0.2, -0.15) is 0 Å². The van der Waals surface area contributed by atoms with Gasteiger partial charge in [-0.25, -0.2) is 0 Å². The molecule has 3 rings (SSSR count). The van der Waals surface area contributed by atoms with Gasteiger partial charge in [-0.05, 0) is 54.1 Å². The molecule has 3 aromatic rings. The second-order valence-electron chi connectivity index (χ2n) is 5.38. The monoisotopic (exact) mass is 370 g/mol. The predicted octanol–water partition coefficient (Wildman–Crippen LogP) is 5.28. The summed E-state index contributed by atoms with van der Waals surface area (Å²) in [5.74, 6) is -0.303. The van der Waals surface area contributed by atoms with Crippen molar-refractivity contribution < 1.29 is 9.59 Å². The maximum atomic E-state index is 12.4. The zero-order valence-corrected chi connectivity index (χ0v) is 14.9. The maximum absolute atomic E-state index is 12.4. The van der Waals surface area contributed by atoms with Gasteiger partial charge < -0.3 is 10.6 Å². The molecular formula is C19H15ClN2O2S. The van der Waals surface area contributed by atoms with Gasteiger partial charge in [-0.1, -0.05) is 23.7 Å². The standard InChI is InChI=1S/C19H15ClN2O2S/c1-12(23)21-15-6-8-16(9-7-15)22-19(24)18-11-10-17(25-18)13-2-4-14(20)5-3-13/h2-11H,1H3,(H,21,23)(H,22,24). The summed E-state index contributed by atoms with van der Waals surface area (Å²) in [6.45, 7) is 1.45. The lowest BCUT2D eigenvalue weighted by Crippen LogP contribution is -2.10. The average molecular weight is 371 g/mol. The first-order valence-electron chi connectivity index (χ1n) is 7.56. The third-order valence-corrected chi connectivity index (χ3v) is 4.81. The minimum absolute atomic E-state index is 0.134. The Kier molecular flexibility index (Phi) is 5.16. The number of thiophene rings is 1. The molecule has 0 saturated carbocycles. The van der Waals surface area contributed by atoms with E-state index in [4.69, 9.17) is 11.6 Å². The Bertz CT molecular complexity index is 902. The van der Waals surface area contributed by atoms with Crippen LogP contribution in [0.15, 0.2) is 60.7 Å². The van der Waals surface area contributed by atoms with Gasteiger partial charge in [0.25, 0.3) is 5.91 Å². The van der Waals surface area contributed by atoms with E-state index < -0.39 is 0 Å². The fourth-order valence-electron chi connectivity index (χ4n) is 2.26. The molecule has 4 nitrogen and oxygen atoms in total. The van der Waals surface area contributed by atoms with Gasteiger partial charge in [0.15, 0.2) is 0 Å². The number of hydrogen-bond donors (Lipinski definition) is 2. The van der Waals surface area contributed by atoms with Crippen molar-refractivity contribution in [2.24, 2.45) is 0 Å². The molecule has 2 N–H and O–H groups in total. The van der Waals surface area contributed by atoms with Crippen molar-refractivity contribution in [1.29, 1.82) is 0 Å². The number of anilines is 2. The van der Waals surface area contributed by atoms with E-state index in [2.05, 4.69) is 10.6 Å². The molecule has 6 heteroatoms. The predicted molar refractivity (Wildman–Crippen MR) is 103 cm³/mol. The van der Waals surface area contributed by atoms with E-state index >= 15 is 0 Å². The number of rotatable bonds is 4. The number of halogens is 1. The Hall–Kier alpha value is -2.63. The van der Waals surface area contributed by atoms with E-state index in [1.54, 1.807) is 30.3 Å². The summed E-state index contributed by atoms with van der Waals surface area (Å²) < 4.78 is 0. The lowest BCUT2D eigenvalue weighted by Gasteiger charge is -2.06. The van der Waals surface area contributed by atoms with Crippen LogP contribution in [0.1, 0.15) is 16.6 Å². The lowest BCUT2D eigenvalue weighted by atomic mass is 10.2. The molecule has 1 aromatic heterocycles. The number of nitrogens with one attached hydrogen (secondary N) is 2. The zero-order chi connectivity index (χ0) is 17.8. The van der Waals surface area contributed by atoms with Gasteiger partial charge >= 0.3 is 0 Å². The molecule has 0 spiro atoms. The second kappa shape index (κ2) is 7.51. The molecule has 25 heavy (non-hydrogen) atoms. The van der Waals surface area contributed by atoms with Gasteiger partial charge in [0, 0.05) is 28.2 Å². The van der Waals surface area contributed by atoms with Crippen LogP contribution in [-0.2, 0) is 4.79 Å². The molecule has 0 radical (unpaired) electrons. The first-order valence-corrected chi connectivity index (χ1v) is 8.75. The van der Waals surface area contributed by atoms with Crippen molar-refractivity contribution in [3.8, 4) is 10.4 Å². The van der Waals surface area contributed by atoms with E-state index in [-0.39, 0.29) is 11.8 Å². The van der Waals surface area contributed by atoms with Crippen LogP contribution < -0.4 is 10.6 Å². The Morgan fingerprint density at radius 2 is 1.44 bits per heavy atom. The van der Waals surface area contributed by atoms with Crippen LogP contribution >= 0.6 is 22.9 Å². The number of carbonyl (C=O) groups is 2. The van der Waals surface area contributed by atoms with E-state index in [1.807, 2.05) is 30.3 Å². The first kappa shape index (κ1) is 17.2. The highest BCUT2D eigenvalue weighted by atomic mass is 35.5. The first-order chi connectivity index (χ1) is 12.0. The highest BCUT2D eigenvalue weighted by Gasteiger charge is 2.11. The summed E-state index contributed by atoms with van der Waals surface area (Å²) in [6.07, 6.45) is 0. The third-order valence-electron chi connectivity index (χ3n) is 3.42. The van der Waals surface area contributed by atoms with Crippen LogP contribution in [-0.4, -0.2) is 11.8 Å². The van der Waals surface area contributed by atoms with E-state index in [9.17, 15) is 9.59 Å². The van der Waals surface area contributed by atoms with Gasteiger partial charge in [-0.3, -0.25) is 9.59 Å². The summed E-state index contributed by atoms with van der Waals surface area (Å²) in [5, 5.41) is 6.22. The Balaban J connectivity index is 1.69. The van der Waals surface area contributed by atoms with Crippen LogP contribution in [0, 0.1) is 0 Å². The highest BCUT2D eigenvalue weighted by Crippen LogP contribution is 2.29. The van der Waals surface area contributed by atoms with Gasteiger partial charge in [0.1, 0.15) is 0 Å². The van der Waals surface area contributed by atoms with Crippen molar-refractivity contribution in [3.05, 3.63) is 70.6 Å². The lowest BCUT2D eigenvalue weighted by molar-refractivity contribution is -0.114. The van der Waals surface area contributed by atoms with Gasteiger partial charge in [-0.15, -0.1) is 11.3 Å². The number of benzene rings is 2. The molecular weight excluding hydrogens is 356 g/mol. The molecule has 0 saturated heterocycles. The summed E-state index contributed by atoms with van der Waals surface area (Å²) in [7, 11) is 0. The van der Waals surface area contributed by atoms with Crippen LogP contribution in [0.4, 0.5) is 11.4 Å². The topological polar surface area (TPSA) is 58.2 Å². The molecule has 0 aliphatic carbocycles. The number of amides is 2. The van der Waals surface area contributed by atoms with Gasteiger partial charge in [0.05, 0.1) is 4.88 Å². The molecule has 2 aromatic carbocycles. The normalized spacial score (nSPS) is 10.3. The molecule has 0 atom stereocenters. The molecule has 0 aliphatic heterocycles. The molecule has 0 aliphatic rings. The summed E-state index contributed by atoms with van der Waals surface area (Å²) >= 11 is 7.32. The fourth-order valence-corrected chi connectivity index (χ4v) is 3.29. The van der Waals surface area contributed by atoms with Crippen LogP contribution in [0.5, 0.6) is 0 Å². The van der Waals surface area contributed by atoms with Crippen molar-refractivity contribution in [2.45, 2.75) is 6.92 Å². The second-order valence-corrected chi connectivity index (χ2v) is 6.90. The van der Waals surface area contributed by atoms with Crippen LogP contribution in [0.25, 0.3) is 10.4 Å². The highest BCUT2D eigenvalue weighted by molar-refractivity contribution is 7.17. The van der Waals surface area contributed by atoms with Crippen molar-refractivity contribution in [2.75, 3.05) is 10.6 Å². The Morgan fingerprint density at radius 3 is 2.04 bits per heavy atom. The SMILES string of the molecule is CC(=O)Nc1ccc(NC(=O)c2ccc(-c3ccc(Cl)cc3)s2)cc1. The van der Waals surface area contributed by atoms with Crippen LogP contribution in [0.2, 0.25) is 5.02 Å². The van der Waals surface area contributed by atoms with E-state index in [0.717, 1.165) is 10.4 Å². The van der Waals surface area contributed by atoms with E-state index in [0.29, 0.717) is 21.3 Å². The van der Waals surface area contributed by atoms with Crippen molar-refractivity contribution in [1.82, 2.24) is 0 Å². The smallest absolute Gasteiger partial charge is 0.265 e. The molecule has 126 valence electrons. The van der Waals surface area contributed by atoms with Crippen LogP contribution in [0.3, 0.4) is 0 Å². The minimum Gasteiger partial charge on any atom is -0.326 e.